The number of hydrogen-bond acceptors (Lipinski definition) is 4. The average molecular weight is 320 g/mol. The first-order chi connectivity index (χ1) is 10.6. The zero-order chi connectivity index (χ0) is 17.0. The number of rotatable bonds is 2. The Morgan fingerprint density at radius 3 is 1.91 bits per heavy atom. The van der Waals surface area contributed by atoms with E-state index in [1.807, 2.05) is 13.8 Å². The smallest absolute Gasteiger partial charge is 0.423 e. The summed E-state index contributed by atoms with van der Waals surface area (Å²) in [7, 11) is -1.27. The normalized spacial score (nSPS) is 30.4. The zero-order valence-corrected chi connectivity index (χ0v) is 15.4. The molecular weight excluding hydrogens is 290 g/mol. The molecule has 23 heavy (non-hydrogen) atoms. The summed E-state index contributed by atoms with van der Waals surface area (Å²) in [6.45, 7) is 12.3. The molecule has 2 aliphatic heterocycles. The molecule has 0 spiro atoms. The first-order valence-electron chi connectivity index (χ1n) is 9.01. The second-order valence-corrected chi connectivity index (χ2v) is 8.77. The highest BCUT2D eigenvalue weighted by atomic mass is 16.7. The third-order valence-corrected chi connectivity index (χ3v) is 6.17. The highest BCUT2D eigenvalue weighted by molar-refractivity contribution is 6.63. The van der Waals surface area contributed by atoms with Crippen LogP contribution in [0.5, 0.6) is 0 Å². The standard InChI is InChI=1S/C17H30B2O4/c1-15(2)14(19-22-16(3,4)17(5,6)23-19)13(18(20)21-15)12-10-8-7-9-11-12/h12,20H,7-11H2,1-6H3. The average Bonchev–Trinajstić information content (AvgIpc) is 2.79. The molecule has 128 valence electrons. The molecule has 2 fully saturated rings. The molecule has 0 bridgehead atoms. The topological polar surface area (TPSA) is 47.9 Å². The van der Waals surface area contributed by atoms with Crippen LogP contribution in [0.4, 0.5) is 0 Å². The molecule has 6 heteroatoms. The van der Waals surface area contributed by atoms with Crippen molar-refractivity contribution in [2.75, 3.05) is 0 Å². The Bertz CT molecular complexity index is 491. The molecule has 0 aromatic carbocycles. The maximum absolute atomic E-state index is 10.6. The Balaban J connectivity index is 1.99. The van der Waals surface area contributed by atoms with Crippen LogP contribution in [0.15, 0.2) is 10.9 Å². The van der Waals surface area contributed by atoms with E-state index in [0.29, 0.717) is 5.92 Å². The lowest BCUT2D eigenvalue weighted by Crippen LogP contribution is -2.41. The van der Waals surface area contributed by atoms with E-state index in [4.69, 9.17) is 14.0 Å². The second-order valence-electron chi connectivity index (χ2n) is 8.77. The van der Waals surface area contributed by atoms with E-state index in [1.165, 1.54) is 19.3 Å². The van der Waals surface area contributed by atoms with Gasteiger partial charge in [0, 0.05) is 0 Å². The molecule has 1 N–H and O–H groups in total. The van der Waals surface area contributed by atoms with E-state index in [2.05, 4.69) is 27.7 Å². The summed E-state index contributed by atoms with van der Waals surface area (Å²) in [4.78, 5) is 0. The summed E-state index contributed by atoms with van der Waals surface area (Å²) in [5, 5.41) is 10.6. The first-order valence-corrected chi connectivity index (χ1v) is 9.01. The monoisotopic (exact) mass is 320 g/mol. The van der Waals surface area contributed by atoms with Gasteiger partial charge in [-0.15, -0.1) is 0 Å². The van der Waals surface area contributed by atoms with Crippen LogP contribution in [0, 0.1) is 5.92 Å². The zero-order valence-electron chi connectivity index (χ0n) is 15.4. The maximum atomic E-state index is 10.6. The summed E-state index contributed by atoms with van der Waals surface area (Å²) < 4.78 is 18.5. The fourth-order valence-electron chi connectivity index (χ4n) is 4.10. The summed E-state index contributed by atoms with van der Waals surface area (Å²) in [6.07, 6.45) is 5.97. The van der Waals surface area contributed by atoms with Crippen molar-refractivity contribution in [3.63, 3.8) is 0 Å². The summed E-state index contributed by atoms with van der Waals surface area (Å²) in [5.74, 6) is 0.384. The lowest BCUT2D eigenvalue weighted by atomic mass is 9.58. The van der Waals surface area contributed by atoms with Gasteiger partial charge in [-0.2, -0.15) is 0 Å². The quantitative estimate of drug-likeness (QED) is 0.793. The van der Waals surface area contributed by atoms with Crippen LogP contribution in [0.2, 0.25) is 0 Å². The fourth-order valence-corrected chi connectivity index (χ4v) is 4.10. The number of hydrogen-bond donors (Lipinski definition) is 1. The maximum Gasteiger partial charge on any atom is 0.492 e. The van der Waals surface area contributed by atoms with Gasteiger partial charge < -0.3 is 19.0 Å². The Morgan fingerprint density at radius 2 is 1.39 bits per heavy atom. The van der Waals surface area contributed by atoms with E-state index in [1.54, 1.807) is 0 Å². The fraction of sp³-hybridized carbons (Fsp3) is 0.882. The molecule has 3 rings (SSSR count). The van der Waals surface area contributed by atoms with Crippen molar-refractivity contribution >= 4 is 14.2 Å². The molecule has 1 aliphatic carbocycles. The second kappa shape index (κ2) is 5.62. The molecule has 4 nitrogen and oxygen atoms in total. The van der Waals surface area contributed by atoms with Crippen LogP contribution in [-0.2, 0) is 14.0 Å². The largest absolute Gasteiger partial charge is 0.492 e. The number of allylic oxidation sites excluding steroid dienone is 1. The van der Waals surface area contributed by atoms with Crippen LogP contribution in [0.3, 0.4) is 0 Å². The van der Waals surface area contributed by atoms with Crippen molar-refractivity contribution in [3.8, 4) is 0 Å². The van der Waals surface area contributed by atoms with Crippen LogP contribution in [-0.4, -0.2) is 36.1 Å². The van der Waals surface area contributed by atoms with E-state index in [0.717, 1.165) is 23.8 Å². The van der Waals surface area contributed by atoms with E-state index >= 15 is 0 Å². The van der Waals surface area contributed by atoms with Gasteiger partial charge in [-0.25, -0.2) is 0 Å². The Hall–Kier alpha value is -0.290. The molecule has 0 aromatic rings. The van der Waals surface area contributed by atoms with Gasteiger partial charge in [0.2, 0.25) is 0 Å². The van der Waals surface area contributed by atoms with Crippen LogP contribution < -0.4 is 0 Å². The lowest BCUT2D eigenvalue weighted by Gasteiger charge is -2.32. The van der Waals surface area contributed by atoms with Crippen LogP contribution in [0.25, 0.3) is 0 Å². The molecular formula is C17H30B2O4. The Morgan fingerprint density at radius 1 is 0.870 bits per heavy atom. The van der Waals surface area contributed by atoms with Gasteiger partial charge in [0.1, 0.15) is 0 Å². The van der Waals surface area contributed by atoms with Crippen molar-refractivity contribution < 1.29 is 19.0 Å². The minimum atomic E-state index is -0.831. The van der Waals surface area contributed by atoms with Gasteiger partial charge in [0.05, 0.1) is 16.8 Å². The molecule has 0 amide bonds. The molecule has 0 atom stereocenters. The van der Waals surface area contributed by atoms with Gasteiger partial charge in [0.25, 0.3) is 0 Å². The molecule has 0 unspecified atom stereocenters. The van der Waals surface area contributed by atoms with E-state index in [-0.39, 0.29) is 11.2 Å². The first kappa shape index (κ1) is 17.5. The molecule has 1 saturated carbocycles. The van der Waals surface area contributed by atoms with Crippen LogP contribution >= 0.6 is 0 Å². The van der Waals surface area contributed by atoms with E-state index < -0.39 is 19.8 Å². The third kappa shape index (κ3) is 2.92. The SMILES string of the molecule is CC1(C)OB(O)C(C2CCCCC2)=C1B1OC(C)(C)C(C)(C)O1. The van der Waals surface area contributed by atoms with Gasteiger partial charge in [-0.3, -0.25) is 0 Å². The van der Waals surface area contributed by atoms with Crippen molar-refractivity contribution in [3.05, 3.63) is 10.9 Å². The highest BCUT2D eigenvalue weighted by Gasteiger charge is 2.59. The molecule has 2 heterocycles. The molecule has 3 aliphatic rings. The predicted octanol–water partition coefficient (Wildman–Crippen LogP) is 3.32. The summed E-state index contributed by atoms with van der Waals surface area (Å²) >= 11 is 0. The Labute approximate surface area is 141 Å². The van der Waals surface area contributed by atoms with Crippen molar-refractivity contribution in [1.29, 1.82) is 0 Å². The van der Waals surface area contributed by atoms with Gasteiger partial charge in [-0.05, 0) is 71.2 Å². The lowest BCUT2D eigenvalue weighted by molar-refractivity contribution is 0.00578. The van der Waals surface area contributed by atoms with Crippen LogP contribution in [0.1, 0.15) is 73.6 Å². The van der Waals surface area contributed by atoms with Crippen molar-refractivity contribution in [1.82, 2.24) is 0 Å². The highest BCUT2D eigenvalue weighted by Crippen LogP contribution is 2.47. The third-order valence-electron chi connectivity index (χ3n) is 6.17. The summed E-state index contributed by atoms with van der Waals surface area (Å²) in [5.41, 5.74) is 0.703. The minimum Gasteiger partial charge on any atom is -0.423 e. The predicted molar refractivity (Wildman–Crippen MR) is 92.8 cm³/mol. The van der Waals surface area contributed by atoms with Crippen molar-refractivity contribution in [2.45, 2.75) is 90.4 Å². The molecule has 1 saturated heterocycles. The Kier molecular flexibility index (Phi) is 4.28. The molecule has 0 radical (unpaired) electrons. The summed E-state index contributed by atoms with van der Waals surface area (Å²) in [6, 6.07) is 0. The van der Waals surface area contributed by atoms with Gasteiger partial charge in [-0.1, -0.05) is 19.3 Å². The van der Waals surface area contributed by atoms with Gasteiger partial charge in [0.15, 0.2) is 0 Å². The molecule has 0 aromatic heterocycles. The van der Waals surface area contributed by atoms with Gasteiger partial charge >= 0.3 is 14.2 Å². The van der Waals surface area contributed by atoms with E-state index in [9.17, 15) is 5.02 Å². The van der Waals surface area contributed by atoms with Crippen molar-refractivity contribution in [2.24, 2.45) is 5.92 Å². The minimum absolute atomic E-state index is 0.383.